The lowest BCUT2D eigenvalue weighted by Crippen LogP contribution is -2.48. The molecule has 2 amide bonds. The van der Waals surface area contributed by atoms with Gasteiger partial charge in [0.05, 0.1) is 12.1 Å². The number of nitrogens with zero attached hydrogens (tertiary/aromatic N) is 5. The fraction of sp³-hybridized carbons (Fsp3) is 0.467. The summed E-state index contributed by atoms with van der Waals surface area (Å²) in [6, 6.07) is 3.78. The topological polar surface area (TPSA) is 84.5 Å². The molecule has 0 saturated carbocycles. The highest BCUT2D eigenvalue weighted by molar-refractivity contribution is 5.94. The lowest BCUT2D eigenvalue weighted by atomic mass is 10.1. The van der Waals surface area contributed by atoms with Gasteiger partial charge in [-0.05, 0) is 19.1 Å². The minimum atomic E-state index is -0.0578. The Balaban J connectivity index is 1.55. The van der Waals surface area contributed by atoms with Crippen LogP contribution in [-0.2, 0) is 11.2 Å². The number of aromatic nitrogens is 3. The molecule has 0 unspecified atom stereocenters. The van der Waals surface area contributed by atoms with Gasteiger partial charge in [0, 0.05) is 26.3 Å². The number of hydrogen-bond donors (Lipinski definition) is 0. The first-order valence-electron chi connectivity index (χ1n) is 7.55. The zero-order valence-electron chi connectivity index (χ0n) is 13.0. The van der Waals surface area contributed by atoms with Crippen molar-refractivity contribution in [2.75, 3.05) is 20.1 Å². The summed E-state index contributed by atoms with van der Waals surface area (Å²) in [5.74, 6) is 0.786. The van der Waals surface area contributed by atoms with Crippen LogP contribution in [0.2, 0.25) is 0 Å². The first-order chi connectivity index (χ1) is 11.0. The first-order valence-corrected chi connectivity index (χ1v) is 7.55. The summed E-state index contributed by atoms with van der Waals surface area (Å²) in [5, 5.41) is 3.70. The van der Waals surface area contributed by atoms with Gasteiger partial charge < -0.3 is 18.9 Å². The quantitative estimate of drug-likeness (QED) is 0.793. The highest BCUT2D eigenvalue weighted by Crippen LogP contribution is 2.32. The molecule has 1 fully saturated rings. The number of likely N-dealkylation sites (tertiary alicyclic amines) is 1. The Kier molecular flexibility index (Phi) is 3.00. The van der Waals surface area contributed by atoms with Gasteiger partial charge in [-0.1, -0.05) is 5.16 Å². The molecule has 120 valence electrons. The molecule has 8 heteroatoms. The van der Waals surface area contributed by atoms with Crippen molar-refractivity contribution in [3.8, 4) is 0 Å². The Morgan fingerprint density at radius 3 is 2.91 bits per heavy atom. The van der Waals surface area contributed by atoms with E-state index in [-0.39, 0.29) is 30.3 Å². The minimum absolute atomic E-state index is 0.00178. The van der Waals surface area contributed by atoms with Gasteiger partial charge in [0.2, 0.25) is 11.8 Å². The van der Waals surface area contributed by atoms with E-state index in [0.717, 1.165) is 0 Å². The van der Waals surface area contributed by atoms with Crippen molar-refractivity contribution in [2.24, 2.45) is 0 Å². The molecular formula is C15H17N5O3. The Morgan fingerprint density at radius 1 is 1.39 bits per heavy atom. The van der Waals surface area contributed by atoms with Crippen molar-refractivity contribution in [2.45, 2.75) is 25.4 Å². The van der Waals surface area contributed by atoms with Crippen molar-refractivity contribution in [3.05, 3.63) is 35.7 Å². The van der Waals surface area contributed by atoms with E-state index in [1.54, 1.807) is 23.8 Å². The van der Waals surface area contributed by atoms with Gasteiger partial charge in [0.1, 0.15) is 12.1 Å². The maximum Gasteiger partial charge on any atom is 0.270 e. The van der Waals surface area contributed by atoms with Crippen LogP contribution in [-0.4, -0.2) is 62.5 Å². The largest absolute Gasteiger partial charge is 0.339 e. The Morgan fingerprint density at radius 2 is 2.17 bits per heavy atom. The third-order valence-electron chi connectivity index (χ3n) is 4.66. The van der Waals surface area contributed by atoms with Crippen LogP contribution < -0.4 is 0 Å². The lowest BCUT2D eigenvalue weighted by Gasteiger charge is -2.35. The maximum absolute atomic E-state index is 12.5. The molecule has 2 atom stereocenters. The lowest BCUT2D eigenvalue weighted by molar-refractivity contribution is -0.130. The predicted molar refractivity (Wildman–Crippen MR) is 78.7 cm³/mol. The molecule has 4 rings (SSSR count). The maximum atomic E-state index is 12.5. The van der Waals surface area contributed by atoms with Gasteiger partial charge in [-0.3, -0.25) is 9.59 Å². The number of carbonyl (C=O) groups excluding carboxylic acids is 2. The molecule has 0 radical (unpaired) electrons. The first kappa shape index (κ1) is 14.0. The summed E-state index contributed by atoms with van der Waals surface area (Å²) in [5.41, 5.74) is 0.676. The van der Waals surface area contributed by atoms with Gasteiger partial charge in [-0.25, -0.2) is 0 Å². The fourth-order valence-electron chi connectivity index (χ4n) is 3.48. The van der Waals surface area contributed by atoms with Gasteiger partial charge in [0.25, 0.3) is 5.91 Å². The summed E-state index contributed by atoms with van der Waals surface area (Å²) < 4.78 is 7.00. The zero-order chi connectivity index (χ0) is 16.1. The number of rotatable bonds is 2. The summed E-state index contributed by atoms with van der Waals surface area (Å²) >= 11 is 0. The average Bonchev–Trinajstić information content (AvgIpc) is 3.22. The van der Waals surface area contributed by atoms with Crippen LogP contribution in [0.15, 0.2) is 22.9 Å². The monoisotopic (exact) mass is 315 g/mol. The second kappa shape index (κ2) is 4.94. The third-order valence-corrected chi connectivity index (χ3v) is 4.66. The summed E-state index contributed by atoms with van der Waals surface area (Å²) in [6.07, 6.45) is 2.00. The molecule has 0 bridgehead atoms. The molecule has 2 aliphatic heterocycles. The van der Waals surface area contributed by atoms with E-state index in [9.17, 15) is 9.59 Å². The van der Waals surface area contributed by atoms with Gasteiger partial charge in [0.15, 0.2) is 5.82 Å². The predicted octanol–water partition coefficient (Wildman–Crippen LogP) is 0.260. The fourth-order valence-corrected chi connectivity index (χ4v) is 3.48. The smallest absolute Gasteiger partial charge is 0.270 e. The number of likely N-dealkylation sites (N-methyl/N-ethyl adjacent to an activating group) is 1. The SMILES string of the molecule is Cc1noc(CC(=O)N2C[C@@H]3[C@@H](C2)n2cccc2C(=O)N3C)n1. The van der Waals surface area contributed by atoms with Crippen molar-refractivity contribution in [1.82, 2.24) is 24.5 Å². The molecule has 2 aliphatic rings. The van der Waals surface area contributed by atoms with E-state index in [1.807, 2.05) is 22.9 Å². The number of aryl methyl sites for hydroxylation is 1. The highest BCUT2D eigenvalue weighted by atomic mass is 16.5. The van der Waals surface area contributed by atoms with Crippen molar-refractivity contribution < 1.29 is 14.1 Å². The Labute approximate surface area is 132 Å². The molecule has 0 aliphatic carbocycles. The van der Waals surface area contributed by atoms with Crippen LogP contribution >= 0.6 is 0 Å². The molecule has 2 aromatic rings. The van der Waals surface area contributed by atoms with Crippen LogP contribution in [0.4, 0.5) is 0 Å². The van der Waals surface area contributed by atoms with Crippen LogP contribution in [0.3, 0.4) is 0 Å². The van der Waals surface area contributed by atoms with Crippen LogP contribution in [0.5, 0.6) is 0 Å². The molecule has 0 aromatic carbocycles. The van der Waals surface area contributed by atoms with Crippen molar-refractivity contribution in [1.29, 1.82) is 0 Å². The van der Waals surface area contributed by atoms with Gasteiger partial charge >= 0.3 is 0 Å². The normalized spacial score (nSPS) is 23.1. The van der Waals surface area contributed by atoms with Gasteiger partial charge in [-0.2, -0.15) is 4.98 Å². The van der Waals surface area contributed by atoms with Crippen molar-refractivity contribution >= 4 is 11.8 Å². The molecule has 1 saturated heterocycles. The Hall–Kier alpha value is -2.64. The van der Waals surface area contributed by atoms with E-state index < -0.39 is 0 Å². The van der Waals surface area contributed by atoms with E-state index in [0.29, 0.717) is 30.5 Å². The number of fused-ring (bicyclic) bond motifs is 3. The van der Waals surface area contributed by atoms with Gasteiger partial charge in [-0.15, -0.1) is 0 Å². The van der Waals surface area contributed by atoms with E-state index in [1.165, 1.54) is 0 Å². The molecule has 2 aromatic heterocycles. The number of hydrogen-bond acceptors (Lipinski definition) is 5. The van der Waals surface area contributed by atoms with Crippen LogP contribution in [0, 0.1) is 6.92 Å². The van der Waals surface area contributed by atoms with Crippen molar-refractivity contribution in [3.63, 3.8) is 0 Å². The van der Waals surface area contributed by atoms with E-state index in [4.69, 9.17) is 4.52 Å². The zero-order valence-corrected chi connectivity index (χ0v) is 13.0. The second-order valence-electron chi connectivity index (χ2n) is 6.06. The summed E-state index contributed by atoms with van der Waals surface area (Å²) in [7, 11) is 1.80. The van der Waals surface area contributed by atoms with Crippen LogP contribution in [0.25, 0.3) is 0 Å². The summed E-state index contributed by atoms with van der Waals surface area (Å²) in [6.45, 7) is 2.82. The third kappa shape index (κ3) is 2.13. The second-order valence-corrected chi connectivity index (χ2v) is 6.06. The molecule has 0 N–H and O–H groups in total. The molecular weight excluding hydrogens is 298 g/mol. The summed E-state index contributed by atoms with van der Waals surface area (Å²) in [4.78, 5) is 32.4. The molecule has 23 heavy (non-hydrogen) atoms. The standard InChI is InChI=1S/C15H17N5O3/c1-9-16-13(23-17-9)6-14(21)19-7-11-12(8-19)20-5-3-4-10(20)15(22)18(11)2/h3-5,11-12H,6-8H2,1-2H3/t11-,12-/m1/s1. The van der Waals surface area contributed by atoms with Crippen LogP contribution in [0.1, 0.15) is 28.2 Å². The average molecular weight is 315 g/mol. The number of carbonyl (C=O) groups is 2. The van der Waals surface area contributed by atoms with E-state index in [2.05, 4.69) is 10.1 Å². The highest BCUT2D eigenvalue weighted by Gasteiger charge is 2.44. The van der Waals surface area contributed by atoms with E-state index >= 15 is 0 Å². The minimum Gasteiger partial charge on any atom is -0.339 e. The number of amides is 2. The molecule has 0 spiro atoms. The molecule has 4 heterocycles. The Bertz CT molecular complexity index is 780. The molecule has 8 nitrogen and oxygen atoms in total.